The lowest BCUT2D eigenvalue weighted by molar-refractivity contribution is -0.126. The second-order valence-electron chi connectivity index (χ2n) is 3.17. The van der Waals surface area contributed by atoms with E-state index in [2.05, 4.69) is 0 Å². The number of carbonyl (C=O) groups is 1. The quantitative estimate of drug-likeness (QED) is 0.654. The number of hydrogen-bond donors (Lipinski definition) is 0. The molecule has 66 valence electrons. The van der Waals surface area contributed by atoms with E-state index in [1.54, 1.807) is 6.42 Å². The second-order valence-corrected chi connectivity index (χ2v) is 3.17. The highest BCUT2D eigenvalue weighted by Gasteiger charge is 2.39. The van der Waals surface area contributed by atoms with Crippen molar-refractivity contribution in [2.45, 2.75) is 19.1 Å². The van der Waals surface area contributed by atoms with Crippen LogP contribution in [0.5, 0.6) is 0 Å². The summed E-state index contributed by atoms with van der Waals surface area (Å²) in [6, 6.07) is 9.96. The third-order valence-electron chi connectivity index (χ3n) is 2.08. The summed E-state index contributed by atoms with van der Waals surface area (Å²) in [5.41, 5.74) is 1.15. The van der Waals surface area contributed by atoms with Crippen molar-refractivity contribution in [2.24, 2.45) is 0 Å². The smallest absolute Gasteiger partial charge is 0.316 e. The van der Waals surface area contributed by atoms with Crippen molar-refractivity contribution in [3.05, 3.63) is 42.3 Å². The predicted octanol–water partition coefficient (Wildman–Crippen LogP) is 1.75. The lowest BCUT2D eigenvalue weighted by atomic mass is 9.94. The zero-order valence-electron chi connectivity index (χ0n) is 7.27. The summed E-state index contributed by atoms with van der Waals surface area (Å²) >= 11 is 0. The van der Waals surface area contributed by atoms with Gasteiger partial charge in [-0.25, -0.2) is 4.79 Å². The maximum absolute atomic E-state index is 10.6. The molecule has 0 bridgehead atoms. The van der Waals surface area contributed by atoms with Crippen LogP contribution in [0, 0.1) is 6.42 Å². The molecule has 1 fully saturated rings. The Balaban J connectivity index is 1.77. The molecule has 1 aliphatic carbocycles. The van der Waals surface area contributed by atoms with Crippen LogP contribution in [0.25, 0.3) is 0 Å². The van der Waals surface area contributed by atoms with Crippen LogP contribution < -0.4 is 0 Å². The summed E-state index contributed by atoms with van der Waals surface area (Å²) in [5, 5.41) is 0. The van der Waals surface area contributed by atoms with Crippen LogP contribution in [0.15, 0.2) is 30.3 Å². The van der Waals surface area contributed by atoms with Crippen molar-refractivity contribution in [3.8, 4) is 0 Å². The molecule has 13 heavy (non-hydrogen) atoms. The van der Waals surface area contributed by atoms with E-state index in [1.165, 1.54) is 0 Å². The third kappa shape index (κ3) is 2.10. The molecule has 0 radical (unpaired) electrons. The molecule has 1 aromatic carbocycles. The van der Waals surface area contributed by atoms with Gasteiger partial charge < -0.3 is 4.74 Å². The van der Waals surface area contributed by atoms with Crippen molar-refractivity contribution in [1.82, 2.24) is 0 Å². The standard InChI is InChI=1S/C11H11O2/c12-10-6-11(7-10)13-8-9-4-2-1-3-5-9/h1-6,11H,7-8H2/q+1. The minimum Gasteiger partial charge on any atom is -0.332 e. The number of Topliss-reactive ketones (excluding diaryl/α,β-unsaturated/α-hetero) is 1. The van der Waals surface area contributed by atoms with Gasteiger partial charge in [0.15, 0.2) is 6.42 Å². The Bertz CT molecular complexity index is 284. The zero-order chi connectivity index (χ0) is 9.10. The van der Waals surface area contributed by atoms with E-state index < -0.39 is 0 Å². The van der Waals surface area contributed by atoms with Crippen molar-refractivity contribution in [3.63, 3.8) is 0 Å². The number of benzene rings is 1. The van der Waals surface area contributed by atoms with Gasteiger partial charge in [0.2, 0.25) is 6.10 Å². The van der Waals surface area contributed by atoms with Crippen LogP contribution in [0.2, 0.25) is 0 Å². The third-order valence-corrected chi connectivity index (χ3v) is 2.08. The first-order valence-corrected chi connectivity index (χ1v) is 4.38. The van der Waals surface area contributed by atoms with E-state index in [1.807, 2.05) is 30.3 Å². The van der Waals surface area contributed by atoms with Gasteiger partial charge in [-0.15, -0.1) is 0 Å². The molecule has 1 aromatic rings. The van der Waals surface area contributed by atoms with Crippen molar-refractivity contribution in [1.29, 1.82) is 0 Å². The lowest BCUT2D eigenvalue weighted by Gasteiger charge is -2.14. The first-order chi connectivity index (χ1) is 6.34. The minimum atomic E-state index is 0.0488. The van der Waals surface area contributed by atoms with Gasteiger partial charge in [0.1, 0.15) is 6.42 Å². The normalized spacial score (nSPS) is 20.6. The molecular weight excluding hydrogens is 164 g/mol. The van der Waals surface area contributed by atoms with Crippen molar-refractivity contribution < 1.29 is 9.53 Å². The van der Waals surface area contributed by atoms with Crippen molar-refractivity contribution >= 4 is 5.78 Å². The molecule has 1 unspecified atom stereocenters. The molecule has 1 atom stereocenters. The topological polar surface area (TPSA) is 26.3 Å². The molecule has 1 saturated carbocycles. The Morgan fingerprint density at radius 1 is 1.38 bits per heavy atom. The molecule has 2 heteroatoms. The molecule has 0 N–H and O–H groups in total. The summed E-state index contributed by atoms with van der Waals surface area (Å²) in [6.45, 7) is 0.593. The monoisotopic (exact) mass is 175 g/mol. The van der Waals surface area contributed by atoms with Crippen LogP contribution in [0.3, 0.4) is 0 Å². The molecule has 2 nitrogen and oxygen atoms in total. The number of ketones is 1. The van der Waals surface area contributed by atoms with Crippen LogP contribution in [0.1, 0.15) is 12.0 Å². The van der Waals surface area contributed by atoms with Crippen molar-refractivity contribution in [2.75, 3.05) is 0 Å². The SMILES string of the molecule is O=C1[CH+]C(OCc2ccccc2)C1. The number of carbonyl (C=O) groups excluding carboxylic acids is 1. The van der Waals surface area contributed by atoms with Crippen LogP contribution in [0.4, 0.5) is 0 Å². The molecule has 0 saturated heterocycles. The Hall–Kier alpha value is -1.28. The fraction of sp³-hybridized carbons (Fsp3) is 0.273. The molecule has 0 aromatic heterocycles. The number of hydrogen-bond acceptors (Lipinski definition) is 2. The molecule has 0 amide bonds. The average molecular weight is 175 g/mol. The zero-order valence-corrected chi connectivity index (χ0v) is 7.27. The first-order valence-electron chi connectivity index (χ1n) is 4.38. The molecular formula is C11H11O2+. The molecule has 0 spiro atoms. The van der Waals surface area contributed by atoms with Gasteiger partial charge in [-0.2, -0.15) is 0 Å². The Morgan fingerprint density at radius 2 is 2.08 bits per heavy atom. The van der Waals surface area contributed by atoms with Gasteiger partial charge in [0.05, 0.1) is 6.61 Å². The number of ether oxygens (including phenoxy) is 1. The fourth-order valence-corrected chi connectivity index (χ4v) is 1.26. The highest BCUT2D eigenvalue weighted by molar-refractivity contribution is 5.94. The summed E-state index contributed by atoms with van der Waals surface area (Å²) in [5.74, 6) is 0.193. The first kappa shape index (κ1) is 8.32. The summed E-state index contributed by atoms with van der Waals surface area (Å²) in [7, 11) is 0. The van der Waals surface area contributed by atoms with E-state index in [-0.39, 0.29) is 11.9 Å². The van der Waals surface area contributed by atoms with E-state index in [9.17, 15) is 4.79 Å². The van der Waals surface area contributed by atoms with Crippen LogP contribution >= 0.6 is 0 Å². The molecule has 0 aliphatic heterocycles. The van der Waals surface area contributed by atoms with Gasteiger partial charge >= 0.3 is 5.78 Å². The Labute approximate surface area is 77.5 Å². The Morgan fingerprint density at radius 3 is 2.69 bits per heavy atom. The van der Waals surface area contributed by atoms with Crippen LogP contribution in [-0.4, -0.2) is 11.9 Å². The highest BCUT2D eigenvalue weighted by atomic mass is 16.5. The van der Waals surface area contributed by atoms with Gasteiger partial charge in [-0.1, -0.05) is 30.3 Å². The van der Waals surface area contributed by atoms with Gasteiger partial charge in [0, 0.05) is 0 Å². The highest BCUT2D eigenvalue weighted by Crippen LogP contribution is 2.18. The number of rotatable bonds is 3. The van der Waals surface area contributed by atoms with Gasteiger partial charge in [-0.05, 0) is 5.56 Å². The maximum Gasteiger partial charge on any atom is 0.316 e. The lowest BCUT2D eigenvalue weighted by Crippen LogP contribution is -2.32. The Kier molecular flexibility index (Phi) is 2.32. The summed E-state index contributed by atoms with van der Waals surface area (Å²) in [4.78, 5) is 10.6. The largest absolute Gasteiger partial charge is 0.332 e. The van der Waals surface area contributed by atoms with Gasteiger partial charge in [0.25, 0.3) is 0 Å². The second kappa shape index (κ2) is 3.62. The maximum atomic E-state index is 10.6. The van der Waals surface area contributed by atoms with Crippen LogP contribution in [-0.2, 0) is 16.1 Å². The summed E-state index contributed by atoms with van der Waals surface area (Å²) in [6.07, 6.45) is 2.23. The molecule has 1 aliphatic rings. The fourth-order valence-electron chi connectivity index (χ4n) is 1.26. The van der Waals surface area contributed by atoms with Gasteiger partial charge in [-0.3, -0.25) is 0 Å². The molecule has 0 heterocycles. The van der Waals surface area contributed by atoms with E-state index in [0.29, 0.717) is 13.0 Å². The summed E-state index contributed by atoms with van der Waals surface area (Å²) < 4.78 is 5.46. The van der Waals surface area contributed by atoms with E-state index >= 15 is 0 Å². The average Bonchev–Trinajstić information content (AvgIpc) is 2.12. The minimum absolute atomic E-state index is 0.0488. The molecule has 2 rings (SSSR count). The predicted molar refractivity (Wildman–Crippen MR) is 48.9 cm³/mol. The van der Waals surface area contributed by atoms with E-state index in [0.717, 1.165) is 5.56 Å². The van der Waals surface area contributed by atoms with E-state index in [4.69, 9.17) is 4.74 Å².